The molecule has 0 saturated carbocycles. The standard InChI is InChI=1S/C20H16ClN3O3/c21-13-1-3-14(4-2-13)24-20(25)17-7-5-16(12-22-17)23-15-6-8-18-19(11-15)27-10-9-26-18/h1-8,11-12,23H,9-10H2,(H,24,25). The van der Waals surface area contributed by atoms with Crippen molar-refractivity contribution in [1.82, 2.24) is 4.98 Å². The summed E-state index contributed by atoms with van der Waals surface area (Å²) in [7, 11) is 0. The first-order chi connectivity index (χ1) is 13.2. The Labute approximate surface area is 161 Å². The van der Waals surface area contributed by atoms with Gasteiger partial charge in [-0.1, -0.05) is 11.6 Å². The lowest BCUT2D eigenvalue weighted by Crippen LogP contribution is -2.15. The highest BCUT2D eigenvalue weighted by Gasteiger charge is 2.12. The maximum absolute atomic E-state index is 12.3. The van der Waals surface area contributed by atoms with Gasteiger partial charge in [-0.3, -0.25) is 4.79 Å². The molecule has 27 heavy (non-hydrogen) atoms. The van der Waals surface area contributed by atoms with Crippen LogP contribution in [-0.4, -0.2) is 24.1 Å². The van der Waals surface area contributed by atoms with Crippen LogP contribution in [0.1, 0.15) is 10.5 Å². The van der Waals surface area contributed by atoms with E-state index in [0.29, 0.717) is 35.4 Å². The van der Waals surface area contributed by atoms with E-state index < -0.39 is 0 Å². The zero-order valence-corrected chi connectivity index (χ0v) is 15.0. The summed E-state index contributed by atoms with van der Waals surface area (Å²) >= 11 is 5.84. The van der Waals surface area contributed by atoms with Crippen molar-refractivity contribution in [3.8, 4) is 11.5 Å². The summed E-state index contributed by atoms with van der Waals surface area (Å²) < 4.78 is 11.1. The van der Waals surface area contributed by atoms with Crippen molar-refractivity contribution in [2.24, 2.45) is 0 Å². The van der Waals surface area contributed by atoms with Gasteiger partial charge in [0, 0.05) is 22.5 Å². The number of aromatic nitrogens is 1. The number of halogens is 1. The van der Waals surface area contributed by atoms with Crippen LogP contribution < -0.4 is 20.1 Å². The molecule has 6 nitrogen and oxygen atoms in total. The Kier molecular flexibility index (Phi) is 4.80. The summed E-state index contributed by atoms with van der Waals surface area (Å²) in [5.74, 6) is 1.15. The summed E-state index contributed by atoms with van der Waals surface area (Å²) in [6.07, 6.45) is 1.60. The molecule has 1 aromatic heterocycles. The Morgan fingerprint density at radius 3 is 2.33 bits per heavy atom. The number of hydrogen-bond acceptors (Lipinski definition) is 5. The molecule has 3 aromatic rings. The molecule has 0 radical (unpaired) electrons. The number of nitrogens with zero attached hydrogens (tertiary/aromatic N) is 1. The van der Waals surface area contributed by atoms with Gasteiger partial charge < -0.3 is 20.1 Å². The first-order valence-electron chi connectivity index (χ1n) is 8.37. The van der Waals surface area contributed by atoms with Gasteiger partial charge in [0.1, 0.15) is 18.9 Å². The molecule has 0 aliphatic carbocycles. The number of nitrogens with one attached hydrogen (secondary N) is 2. The molecular formula is C20H16ClN3O3. The highest BCUT2D eigenvalue weighted by Crippen LogP contribution is 2.33. The summed E-state index contributed by atoms with van der Waals surface area (Å²) in [4.78, 5) is 16.5. The van der Waals surface area contributed by atoms with Crippen molar-refractivity contribution in [3.63, 3.8) is 0 Å². The van der Waals surface area contributed by atoms with Crippen molar-refractivity contribution in [2.45, 2.75) is 0 Å². The van der Waals surface area contributed by atoms with E-state index in [0.717, 1.165) is 17.1 Å². The van der Waals surface area contributed by atoms with Gasteiger partial charge in [0.2, 0.25) is 0 Å². The third-order valence-corrected chi connectivity index (χ3v) is 4.18. The average Bonchev–Trinajstić information content (AvgIpc) is 2.70. The fourth-order valence-corrected chi connectivity index (χ4v) is 2.74. The van der Waals surface area contributed by atoms with Crippen LogP contribution in [-0.2, 0) is 0 Å². The number of benzene rings is 2. The number of fused-ring (bicyclic) bond motifs is 1. The Hall–Kier alpha value is -3.25. The second-order valence-electron chi connectivity index (χ2n) is 5.88. The van der Waals surface area contributed by atoms with E-state index in [2.05, 4.69) is 15.6 Å². The van der Waals surface area contributed by atoms with Gasteiger partial charge in [-0.25, -0.2) is 4.98 Å². The number of amides is 1. The zero-order valence-electron chi connectivity index (χ0n) is 14.2. The molecule has 2 N–H and O–H groups in total. The summed E-state index contributed by atoms with van der Waals surface area (Å²) in [5.41, 5.74) is 2.58. The smallest absolute Gasteiger partial charge is 0.274 e. The third-order valence-electron chi connectivity index (χ3n) is 3.93. The van der Waals surface area contributed by atoms with Gasteiger partial charge in [-0.2, -0.15) is 0 Å². The molecule has 7 heteroatoms. The van der Waals surface area contributed by atoms with E-state index in [1.54, 1.807) is 42.6 Å². The number of carbonyl (C=O) groups is 1. The normalized spacial score (nSPS) is 12.3. The predicted octanol–water partition coefficient (Wildman–Crippen LogP) is 4.50. The van der Waals surface area contributed by atoms with Gasteiger partial charge >= 0.3 is 0 Å². The van der Waals surface area contributed by atoms with Gasteiger partial charge in [-0.05, 0) is 48.5 Å². The molecule has 0 fully saturated rings. The van der Waals surface area contributed by atoms with Gasteiger partial charge in [-0.15, -0.1) is 0 Å². The van der Waals surface area contributed by atoms with E-state index >= 15 is 0 Å². The summed E-state index contributed by atoms with van der Waals surface area (Å²) in [6.45, 7) is 1.10. The van der Waals surface area contributed by atoms with Crippen molar-refractivity contribution in [3.05, 3.63) is 71.5 Å². The van der Waals surface area contributed by atoms with Crippen LogP contribution in [0.4, 0.5) is 17.1 Å². The van der Waals surface area contributed by atoms with Gasteiger partial charge in [0.25, 0.3) is 5.91 Å². The van der Waals surface area contributed by atoms with Crippen LogP contribution in [0.15, 0.2) is 60.8 Å². The number of anilines is 3. The third kappa shape index (κ3) is 4.12. The van der Waals surface area contributed by atoms with Crippen LogP contribution in [0.25, 0.3) is 0 Å². The van der Waals surface area contributed by atoms with Crippen molar-refractivity contribution < 1.29 is 14.3 Å². The average molecular weight is 382 g/mol. The molecule has 2 heterocycles. The molecule has 0 atom stereocenters. The molecule has 1 amide bonds. The van der Waals surface area contributed by atoms with Gasteiger partial charge in [0.05, 0.1) is 11.9 Å². The lowest BCUT2D eigenvalue weighted by Gasteiger charge is -2.19. The van der Waals surface area contributed by atoms with E-state index in [4.69, 9.17) is 21.1 Å². The first-order valence-corrected chi connectivity index (χ1v) is 8.75. The predicted molar refractivity (Wildman–Crippen MR) is 104 cm³/mol. The van der Waals surface area contributed by atoms with Gasteiger partial charge in [0.15, 0.2) is 11.5 Å². The monoisotopic (exact) mass is 381 g/mol. The number of ether oxygens (including phenoxy) is 2. The first kappa shape index (κ1) is 17.2. The van der Waals surface area contributed by atoms with E-state index in [9.17, 15) is 4.79 Å². The molecule has 136 valence electrons. The van der Waals surface area contributed by atoms with E-state index in [1.165, 1.54) is 0 Å². The molecular weight excluding hydrogens is 366 g/mol. The SMILES string of the molecule is O=C(Nc1ccc(Cl)cc1)c1ccc(Nc2ccc3c(c2)OCCO3)cn1. The summed E-state index contributed by atoms with van der Waals surface area (Å²) in [5, 5.41) is 6.62. The van der Waals surface area contributed by atoms with Crippen molar-refractivity contribution in [1.29, 1.82) is 0 Å². The molecule has 0 saturated heterocycles. The minimum atomic E-state index is -0.289. The number of carbonyl (C=O) groups excluding carboxylic acids is 1. The van der Waals surface area contributed by atoms with Crippen LogP contribution >= 0.6 is 11.6 Å². The van der Waals surface area contributed by atoms with Crippen LogP contribution in [0.2, 0.25) is 5.02 Å². The Morgan fingerprint density at radius 2 is 1.59 bits per heavy atom. The Morgan fingerprint density at radius 1 is 0.889 bits per heavy atom. The maximum atomic E-state index is 12.3. The number of rotatable bonds is 4. The molecule has 1 aliphatic heterocycles. The second-order valence-corrected chi connectivity index (χ2v) is 6.31. The molecule has 2 aromatic carbocycles. The highest BCUT2D eigenvalue weighted by molar-refractivity contribution is 6.30. The molecule has 0 spiro atoms. The molecule has 0 bridgehead atoms. The Balaban J connectivity index is 1.42. The topological polar surface area (TPSA) is 72.5 Å². The number of pyridine rings is 1. The summed E-state index contributed by atoms with van der Waals surface area (Å²) in [6, 6.07) is 16.0. The van der Waals surface area contributed by atoms with E-state index in [1.807, 2.05) is 18.2 Å². The molecule has 0 unspecified atom stereocenters. The minimum absolute atomic E-state index is 0.289. The lowest BCUT2D eigenvalue weighted by molar-refractivity contribution is 0.102. The lowest BCUT2D eigenvalue weighted by atomic mass is 10.2. The van der Waals surface area contributed by atoms with Crippen LogP contribution in [0.3, 0.4) is 0 Å². The zero-order chi connectivity index (χ0) is 18.6. The van der Waals surface area contributed by atoms with Crippen molar-refractivity contribution in [2.75, 3.05) is 23.8 Å². The maximum Gasteiger partial charge on any atom is 0.274 e. The van der Waals surface area contributed by atoms with E-state index in [-0.39, 0.29) is 5.91 Å². The molecule has 1 aliphatic rings. The Bertz CT molecular complexity index is 959. The quantitative estimate of drug-likeness (QED) is 0.696. The fraction of sp³-hybridized carbons (Fsp3) is 0.100. The van der Waals surface area contributed by atoms with Crippen LogP contribution in [0.5, 0.6) is 11.5 Å². The highest BCUT2D eigenvalue weighted by atomic mass is 35.5. The van der Waals surface area contributed by atoms with Crippen LogP contribution in [0, 0.1) is 0 Å². The molecule has 4 rings (SSSR count). The second kappa shape index (κ2) is 7.55. The minimum Gasteiger partial charge on any atom is -0.486 e. The largest absolute Gasteiger partial charge is 0.486 e. The van der Waals surface area contributed by atoms with Crippen molar-refractivity contribution >= 4 is 34.6 Å². The fourth-order valence-electron chi connectivity index (χ4n) is 2.62. The number of hydrogen-bond donors (Lipinski definition) is 2.